The largest absolute Gasteiger partial charge is 0.504 e. The molecular weight excluding hydrogens is 616 g/mol. The van der Waals surface area contributed by atoms with E-state index in [0.717, 1.165) is 56.2 Å². The van der Waals surface area contributed by atoms with E-state index in [1.165, 1.54) is 52.8 Å². The van der Waals surface area contributed by atoms with Gasteiger partial charge in [-0.25, -0.2) is 0 Å². The second-order valence-corrected chi connectivity index (χ2v) is 14.5. The fraction of sp³-hybridized carbons (Fsp3) is 0.474. The molecule has 2 aromatic rings. The lowest BCUT2D eigenvalue weighted by molar-refractivity contribution is 0.0625. The molecule has 6 atom stereocenters. The maximum absolute atomic E-state index is 10.4. The maximum atomic E-state index is 10.4. The van der Waals surface area contributed by atoms with Gasteiger partial charge in [0.2, 0.25) is 0 Å². The summed E-state index contributed by atoms with van der Waals surface area (Å²) in [5.41, 5.74) is 7.61. The summed E-state index contributed by atoms with van der Waals surface area (Å²) >= 11 is 0. The molecule has 3 N–H and O–H groups in total. The van der Waals surface area contributed by atoms with Gasteiger partial charge >= 0.3 is 0 Å². The van der Waals surface area contributed by atoms with Crippen LogP contribution in [-0.4, -0.2) is 73.3 Å². The number of piperidine rings is 2. The number of nitrogens with one attached hydrogen (secondary N) is 1. The van der Waals surface area contributed by atoms with E-state index in [2.05, 4.69) is 34.5 Å². The van der Waals surface area contributed by atoms with Crippen molar-refractivity contribution in [2.24, 2.45) is 5.92 Å². The number of aromatic hydroxyl groups is 2. The average molecular weight is 657 g/mol. The number of halogens is 1. The number of methoxy groups -OCH3 is 2. The Morgan fingerprint density at radius 2 is 1.40 bits per heavy atom. The predicted octanol–water partition coefficient (Wildman–Crippen LogP) is 5.10. The van der Waals surface area contributed by atoms with Gasteiger partial charge in [0.25, 0.3) is 0 Å². The van der Waals surface area contributed by atoms with Gasteiger partial charge in [-0.05, 0) is 97.5 Å². The summed E-state index contributed by atoms with van der Waals surface area (Å²) in [6.45, 7) is 3.29. The molecule has 5 aliphatic carbocycles. The fourth-order valence-corrected chi connectivity index (χ4v) is 10.4. The van der Waals surface area contributed by atoms with Crippen molar-refractivity contribution >= 4 is 12.4 Å². The van der Waals surface area contributed by atoms with E-state index in [0.29, 0.717) is 23.6 Å². The lowest BCUT2D eigenvalue weighted by atomic mass is 9.57. The molecule has 2 spiro atoms. The van der Waals surface area contributed by atoms with Crippen LogP contribution >= 0.6 is 12.4 Å². The molecular formula is C38H41ClN2O6. The molecule has 4 aliphatic heterocycles. The van der Waals surface area contributed by atoms with Gasteiger partial charge in [-0.1, -0.05) is 24.3 Å². The molecule has 2 aromatic carbocycles. The van der Waals surface area contributed by atoms with Gasteiger partial charge in [0.15, 0.2) is 35.2 Å². The van der Waals surface area contributed by atoms with Crippen LogP contribution in [0.3, 0.4) is 0 Å². The highest BCUT2D eigenvalue weighted by Crippen LogP contribution is 2.63. The van der Waals surface area contributed by atoms with Crippen molar-refractivity contribution in [3.63, 3.8) is 0 Å². The first-order chi connectivity index (χ1) is 22.5. The van der Waals surface area contributed by atoms with Gasteiger partial charge in [0.05, 0.1) is 25.0 Å². The first-order valence-corrected chi connectivity index (χ1v) is 16.9. The van der Waals surface area contributed by atoms with Gasteiger partial charge in [0, 0.05) is 36.3 Å². The number of phenols is 2. The maximum Gasteiger partial charge on any atom is 0.169 e. The number of hydrogen-bond acceptors (Lipinski definition) is 8. The minimum Gasteiger partial charge on any atom is -0.504 e. The number of allylic oxidation sites excluding steroid dienone is 4. The van der Waals surface area contributed by atoms with Gasteiger partial charge in [0.1, 0.15) is 11.5 Å². The molecule has 47 heavy (non-hydrogen) atoms. The topological polar surface area (TPSA) is 92.7 Å². The van der Waals surface area contributed by atoms with Crippen LogP contribution in [-0.2, 0) is 33.1 Å². The smallest absolute Gasteiger partial charge is 0.169 e. The molecule has 4 bridgehead atoms. The highest BCUT2D eigenvalue weighted by Gasteiger charge is 2.63. The second kappa shape index (κ2) is 10.2. The number of benzene rings is 2. The van der Waals surface area contributed by atoms with E-state index in [1.54, 1.807) is 26.4 Å². The second-order valence-electron chi connectivity index (χ2n) is 14.5. The highest BCUT2D eigenvalue weighted by atomic mass is 35.5. The summed E-state index contributed by atoms with van der Waals surface area (Å²) in [7, 11) is 3.41. The van der Waals surface area contributed by atoms with E-state index in [9.17, 15) is 10.2 Å². The van der Waals surface area contributed by atoms with Gasteiger partial charge < -0.3 is 34.5 Å². The first kappa shape index (κ1) is 29.5. The lowest BCUT2D eigenvalue weighted by Gasteiger charge is -2.53. The number of ether oxygens (including phenoxy) is 4. The zero-order valence-corrected chi connectivity index (χ0v) is 27.6. The third-order valence-corrected chi connectivity index (χ3v) is 12.5. The van der Waals surface area contributed by atoms with Crippen LogP contribution < -0.4 is 14.8 Å². The number of nitrogens with zero attached hydrogens (tertiary/aromatic N) is 1. The van der Waals surface area contributed by atoms with Crippen molar-refractivity contribution < 1.29 is 29.2 Å². The Bertz CT molecular complexity index is 1830. The SMILES string of the molecule is COC1=CC=C2[C@H]3Cc4ccc(O)c5c4[C@@]2(CCN3)[C@H]1O5.COC1=CC=C2[C@H]3Cc4ccc(O)c5c4[C@@]2(CCN3CC2CC2)[C@H]1O5.Cl. The van der Waals surface area contributed by atoms with E-state index in [-0.39, 0.29) is 46.9 Å². The lowest BCUT2D eigenvalue weighted by Crippen LogP contribution is -2.59. The normalized spacial score (nSPS) is 33.9. The monoisotopic (exact) mass is 656 g/mol. The predicted molar refractivity (Wildman–Crippen MR) is 179 cm³/mol. The van der Waals surface area contributed by atoms with Crippen molar-refractivity contribution in [2.45, 2.75) is 73.6 Å². The van der Waals surface area contributed by atoms with Crippen molar-refractivity contribution in [2.75, 3.05) is 33.9 Å². The number of phenolic OH excluding ortho intramolecular Hbond substituents is 2. The van der Waals surface area contributed by atoms with E-state index in [4.69, 9.17) is 18.9 Å². The summed E-state index contributed by atoms with van der Waals surface area (Å²) < 4.78 is 23.8. The third-order valence-electron chi connectivity index (χ3n) is 12.5. The molecule has 0 amide bonds. The Labute approximate surface area is 281 Å². The Morgan fingerprint density at radius 1 is 0.809 bits per heavy atom. The Balaban J connectivity index is 0.000000128. The Morgan fingerprint density at radius 3 is 2.02 bits per heavy atom. The van der Waals surface area contributed by atoms with Gasteiger partial charge in [-0.3, -0.25) is 4.90 Å². The number of likely N-dealkylation sites (tertiary alicyclic amines) is 1. The standard InChI is InChI=1S/C21H23NO3.C17H17NO3.ClH/c1-24-17-7-5-14-15-10-13-4-6-16(23)19-18(13)21(14,20(17)25-19)8-9-22(15)11-12-2-3-12;1-20-13-5-3-10-11-8-9-2-4-12(19)15-14(9)17(10,6-7-18-11)16(13)21-15;/h4-7,12,15,20,23H,2-3,8-11H2,1H3;2-5,11,16,18-19H,6-8H2,1H3;1H/t15-,20+,21+;11-,16+,17+;/m11./s1. The average Bonchev–Trinajstić information content (AvgIpc) is 3.72. The molecule has 1 saturated carbocycles. The number of rotatable bonds is 4. The van der Waals surface area contributed by atoms with Gasteiger partial charge in [-0.2, -0.15) is 0 Å². The fourth-order valence-electron chi connectivity index (χ4n) is 10.4. The van der Waals surface area contributed by atoms with Crippen LogP contribution in [0.2, 0.25) is 0 Å². The van der Waals surface area contributed by atoms with Crippen molar-refractivity contribution in [1.82, 2.24) is 10.2 Å². The minimum atomic E-state index is -0.155. The molecule has 246 valence electrons. The zero-order chi connectivity index (χ0) is 30.9. The van der Waals surface area contributed by atoms with Crippen LogP contribution in [0.15, 0.2) is 71.2 Å². The summed E-state index contributed by atoms with van der Waals surface area (Å²) in [5.74, 6) is 4.47. The van der Waals surface area contributed by atoms with E-state index in [1.807, 2.05) is 12.1 Å². The zero-order valence-electron chi connectivity index (χ0n) is 26.8. The minimum absolute atomic E-state index is 0. The van der Waals surface area contributed by atoms with Crippen LogP contribution in [0, 0.1) is 5.92 Å². The van der Waals surface area contributed by atoms with Crippen LogP contribution in [0.5, 0.6) is 23.0 Å². The number of hydrogen-bond donors (Lipinski definition) is 3. The first-order valence-electron chi connectivity index (χ1n) is 16.9. The molecule has 0 aromatic heterocycles. The third kappa shape index (κ3) is 3.72. The Hall–Kier alpha value is -3.59. The van der Waals surface area contributed by atoms with E-state index >= 15 is 0 Å². The van der Waals surface area contributed by atoms with Crippen LogP contribution in [0.1, 0.15) is 47.9 Å². The molecule has 3 fully saturated rings. The summed E-state index contributed by atoms with van der Waals surface area (Å²) in [5, 5.41) is 24.3. The molecule has 0 radical (unpaired) electrons. The van der Waals surface area contributed by atoms with E-state index < -0.39 is 0 Å². The van der Waals surface area contributed by atoms with Crippen molar-refractivity contribution in [3.05, 3.63) is 93.5 Å². The summed E-state index contributed by atoms with van der Waals surface area (Å²) in [6.07, 6.45) is 15.1. The summed E-state index contributed by atoms with van der Waals surface area (Å²) in [6, 6.07) is 8.53. The quantitative estimate of drug-likeness (QED) is 0.419. The molecule has 4 heterocycles. The highest BCUT2D eigenvalue weighted by molar-refractivity contribution is 5.85. The molecule has 9 aliphatic rings. The molecule has 11 rings (SSSR count). The summed E-state index contributed by atoms with van der Waals surface area (Å²) in [4.78, 5) is 2.70. The van der Waals surface area contributed by atoms with Crippen LogP contribution in [0.4, 0.5) is 0 Å². The molecule has 2 saturated heterocycles. The molecule has 0 unspecified atom stereocenters. The van der Waals surface area contributed by atoms with Crippen molar-refractivity contribution in [1.29, 1.82) is 0 Å². The molecule has 8 nitrogen and oxygen atoms in total. The van der Waals surface area contributed by atoms with Crippen LogP contribution in [0.25, 0.3) is 0 Å². The van der Waals surface area contributed by atoms with Crippen molar-refractivity contribution in [3.8, 4) is 23.0 Å². The Kier molecular flexibility index (Phi) is 6.42. The molecule has 9 heteroatoms. The van der Waals surface area contributed by atoms with Gasteiger partial charge in [-0.15, -0.1) is 12.4 Å².